The summed E-state index contributed by atoms with van der Waals surface area (Å²) in [6.45, 7) is 1.97. The van der Waals surface area contributed by atoms with Gasteiger partial charge in [-0.05, 0) is 37.6 Å². The van der Waals surface area contributed by atoms with E-state index in [-0.39, 0.29) is 17.9 Å². The van der Waals surface area contributed by atoms with E-state index in [1.165, 1.54) is 17.9 Å². The third-order valence-electron chi connectivity index (χ3n) is 5.21. The molecule has 4 rings (SSSR count). The zero-order chi connectivity index (χ0) is 24.2. The molecule has 0 radical (unpaired) electrons. The van der Waals surface area contributed by atoms with Crippen LogP contribution in [0.5, 0.6) is 17.2 Å². The summed E-state index contributed by atoms with van der Waals surface area (Å²) in [5, 5.41) is 8.00. The standard InChI is InChI=1S/C24H25FN4O5/c1-5-33-24(30)16-13-29(2)28-23(16)27-14-6-7-20(17(25)10-14)34-19-8-9-26-18-12-22(32-4)21(31-3)11-15(18)19/h7-14H,5-6H2,1-4H3,(H,27,28). The van der Waals surface area contributed by atoms with E-state index in [0.29, 0.717) is 40.4 Å². The number of benzene rings is 1. The second kappa shape index (κ2) is 9.82. The number of methoxy groups -OCH3 is 2. The van der Waals surface area contributed by atoms with Crippen molar-refractivity contribution in [2.45, 2.75) is 19.4 Å². The highest BCUT2D eigenvalue weighted by Gasteiger charge is 2.23. The first-order valence-corrected chi connectivity index (χ1v) is 10.7. The molecule has 1 aliphatic carbocycles. The Kier molecular flexibility index (Phi) is 6.67. The molecule has 178 valence electrons. The van der Waals surface area contributed by atoms with Gasteiger partial charge in [0.05, 0.1) is 32.4 Å². The number of hydrogen-bond donors (Lipinski definition) is 1. The molecule has 1 aromatic carbocycles. The van der Waals surface area contributed by atoms with E-state index in [1.807, 2.05) is 0 Å². The molecule has 2 aromatic heterocycles. The quantitative estimate of drug-likeness (QED) is 0.492. The number of hydrogen-bond acceptors (Lipinski definition) is 8. The van der Waals surface area contributed by atoms with Crippen LogP contribution >= 0.6 is 0 Å². The topological polar surface area (TPSA) is 96.7 Å². The SMILES string of the molecule is CCOC(=O)c1cn(C)nc1NC1C=C(F)C(Oc2ccnc3cc(OC)c(OC)cc23)=CC1. The normalized spacial score (nSPS) is 15.4. The van der Waals surface area contributed by atoms with Gasteiger partial charge in [-0.25, -0.2) is 9.18 Å². The number of ether oxygens (including phenoxy) is 4. The molecule has 0 saturated carbocycles. The smallest absolute Gasteiger partial charge is 0.343 e. The molecular weight excluding hydrogens is 443 g/mol. The highest BCUT2D eigenvalue weighted by Crippen LogP contribution is 2.37. The number of carbonyl (C=O) groups excluding carboxylic acids is 1. The zero-order valence-corrected chi connectivity index (χ0v) is 19.3. The number of rotatable bonds is 8. The lowest BCUT2D eigenvalue weighted by atomic mass is 10.1. The minimum atomic E-state index is -0.539. The van der Waals surface area contributed by atoms with Crippen molar-refractivity contribution >= 4 is 22.7 Å². The first-order valence-electron chi connectivity index (χ1n) is 10.7. The second-order valence-corrected chi connectivity index (χ2v) is 7.49. The summed E-state index contributed by atoms with van der Waals surface area (Å²) in [5.74, 6) is 0.867. The lowest BCUT2D eigenvalue weighted by Crippen LogP contribution is -2.22. The lowest BCUT2D eigenvalue weighted by molar-refractivity contribution is 0.0527. The molecule has 10 heteroatoms. The van der Waals surface area contributed by atoms with Gasteiger partial charge in [0.1, 0.15) is 11.3 Å². The minimum absolute atomic E-state index is 0.0898. The average molecular weight is 468 g/mol. The van der Waals surface area contributed by atoms with Crippen molar-refractivity contribution in [3.63, 3.8) is 0 Å². The van der Waals surface area contributed by atoms with Crippen LogP contribution in [0.25, 0.3) is 10.9 Å². The number of halogens is 1. The van der Waals surface area contributed by atoms with Gasteiger partial charge >= 0.3 is 5.97 Å². The molecule has 0 aliphatic heterocycles. The van der Waals surface area contributed by atoms with E-state index in [1.54, 1.807) is 57.8 Å². The maximum absolute atomic E-state index is 15.0. The summed E-state index contributed by atoms with van der Waals surface area (Å²) in [4.78, 5) is 16.5. The molecule has 0 fully saturated rings. The summed E-state index contributed by atoms with van der Waals surface area (Å²) < 4.78 is 38.2. The monoisotopic (exact) mass is 468 g/mol. The van der Waals surface area contributed by atoms with Crippen LogP contribution in [-0.2, 0) is 11.8 Å². The van der Waals surface area contributed by atoms with Crippen LogP contribution in [0.1, 0.15) is 23.7 Å². The van der Waals surface area contributed by atoms with E-state index in [2.05, 4.69) is 15.4 Å². The Hall–Kier alpha value is -4.08. The van der Waals surface area contributed by atoms with Gasteiger partial charge in [-0.1, -0.05) is 0 Å². The Morgan fingerprint density at radius 1 is 1.24 bits per heavy atom. The summed E-state index contributed by atoms with van der Waals surface area (Å²) in [7, 11) is 4.78. The molecular formula is C24H25FN4O5. The number of carbonyl (C=O) groups is 1. The fraction of sp³-hybridized carbons (Fsp3) is 0.292. The van der Waals surface area contributed by atoms with Crippen LogP contribution in [0.4, 0.5) is 10.2 Å². The third-order valence-corrected chi connectivity index (χ3v) is 5.21. The summed E-state index contributed by atoms with van der Waals surface area (Å²) >= 11 is 0. The Bertz CT molecular complexity index is 1280. The molecule has 1 atom stereocenters. The van der Waals surface area contributed by atoms with Crippen molar-refractivity contribution in [1.82, 2.24) is 14.8 Å². The molecule has 2 heterocycles. The van der Waals surface area contributed by atoms with Gasteiger partial charge in [-0.2, -0.15) is 5.10 Å². The Morgan fingerprint density at radius 3 is 2.71 bits per heavy atom. The highest BCUT2D eigenvalue weighted by molar-refractivity contribution is 5.94. The summed E-state index contributed by atoms with van der Waals surface area (Å²) in [6, 6.07) is 4.71. The van der Waals surface area contributed by atoms with Crippen molar-refractivity contribution in [3.8, 4) is 17.2 Å². The molecule has 1 unspecified atom stereocenters. The fourth-order valence-electron chi connectivity index (χ4n) is 3.63. The minimum Gasteiger partial charge on any atom is -0.493 e. The molecule has 0 bridgehead atoms. The number of aryl methyl sites for hydroxylation is 1. The molecule has 3 aromatic rings. The van der Waals surface area contributed by atoms with Gasteiger partial charge in [0.25, 0.3) is 0 Å². The van der Waals surface area contributed by atoms with Gasteiger partial charge in [-0.15, -0.1) is 0 Å². The van der Waals surface area contributed by atoms with Crippen LogP contribution in [0.2, 0.25) is 0 Å². The second-order valence-electron chi connectivity index (χ2n) is 7.49. The molecule has 34 heavy (non-hydrogen) atoms. The van der Waals surface area contributed by atoms with Crippen molar-refractivity contribution in [1.29, 1.82) is 0 Å². The van der Waals surface area contributed by atoms with Gasteiger partial charge in [0.2, 0.25) is 0 Å². The highest BCUT2D eigenvalue weighted by atomic mass is 19.1. The van der Waals surface area contributed by atoms with E-state index in [9.17, 15) is 9.18 Å². The van der Waals surface area contributed by atoms with Gasteiger partial charge < -0.3 is 24.3 Å². The maximum Gasteiger partial charge on any atom is 0.343 e. The van der Waals surface area contributed by atoms with E-state index in [0.717, 1.165) is 0 Å². The number of anilines is 1. The molecule has 0 spiro atoms. The van der Waals surface area contributed by atoms with Crippen LogP contribution in [0.3, 0.4) is 0 Å². The van der Waals surface area contributed by atoms with Crippen molar-refractivity contribution < 1.29 is 28.1 Å². The van der Waals surface area contributed by atoms with E-state index in [4.69, 9.17) is 18.9 Å². The van der Waals surface area contributed by atoms with E-state index < -0.39 is 17.8 Å². The number of nitrogens with one attached hydrogen (secondary N) is 1. The number of esters is 1. The zero-order valence-electron chi connectivity index (χ0n) is 19.3. The summed E-state index contributed by atoms with van der Waals surface area (Å²) in [6.07, 6.45) is 6.60. The predicted octanol–water partition coefficient (Wildman–Crippen LogP) is 4.16. The third kappa shape index (κ3) is 4.66. The van der Waals surface area contributed by atoms with Gasteiger partial charge in [0.15, 0.2) is 28.9 Å². The predicted molar refractivity (Wildman–Crippen MR) is 124 cm³/mol. The molecule has 1 aliphatic rings. The van der Waals surface area contributed by atoms with Crippen molar-refractivity contribution in [2.24, 2.45) is 7.05 Å². The maximum atomic E-state index is 15.0. The number of nitrogens with zero attached hydrogens (tertiary/aromatic N) is 3. The van der Waals surface area contributed by atoms with Crippen molar-refractivity contribution in [3.05, 3.63) is 59.9 Å². The molecule has 0 saturated heterocycles. The summed E-state index contributed by atoms with van der Waals surface area (Å²) in [5.41, 5.74) is 0.911. The molecule has 9 nitrogen and oxygen atoms in total. The molecule has 0 amide bonds. The first kappa shape index (κ1) is 23.1. The van der Waals surface area contributed by atoms with Crippen LogP contribution in [0.15, 0.2) is 54.3 Å². The van der Waals surface area contributed by atoms with Crippen LogP contribution in [0, 0.1) is 0 Å². The van der Waals surface area contributed by atoms with Crippen molar-refractivity contribution in [2.75, 3.05) is 26.1 Å². The number of allylic oxidation sites excluding steroid dienone is 1. The molecule has 1 N–H and O–H groups in total. The number of pyridine rings is 1. The first-order chi connectivity index (χ1) is 16.4. The fourth-order valence-corrected chi connectivity index (χ4v) is 3.63. The Labute approximate surface area is 195 Å². The Balaban J connectivity index is 1.53. The largest absolute Gasteiger partial charge is 0.493 e. The van der Waals surface area contributed by atoms with Gasteiger partial charge in [0, 0.05) is 30.9 Å². The number of fused-ring (bicyclic) bond motifs is 1. The average Bonchev–Trinajstić information content (AvgIpc) is 3.20. The Morgan fingerprint density at radius 2 is 2.00 bits per heavy atom. The van der Waals surface area contributed by atoms with Crippen LogP contribution in [-0.4, -0.2) is 47.6 Å². The van der Waals surface area contributed by atoms with E-state index >= 15 is 0 Å². The number of aromatic nitrogens is 3. The van der Waals surface area contributed by atoms with Crippen LogP contribution < -0.4 is 19.5 Å². The lowest BCUT2D eigenvalue weighted by Gasteiger charge is -2.20. The van der Waals surface area contributed by atoms with Gasteiger partial charge in [-0.3, -0.25) is 9.67 Å².